The first kappa shape index (κ1) is 20.1. The van der Waals surface area contributed by atoms with Crippen molar-refractivity contribution in [2.45, 2.75) is 51.1 Å². The molecule has 1 aromatic carbocycles. The fourth-order valence-electron chi connectivity index (χ4n) is 2.59. The zero-order chi connectivity index (χ0) is 18.4. The van der Waals surface area contributed by atoms with Gasteiger partial charge in [0.15, 0.2) is 0 Å². The van der Waals surface area contributed by atoms with Crippen LogP contribution in [0.15, 0.2) is 24.3 Å². The first-order chi connectivity index (χ1) is 11.9. The summed E-state index contributed by atoms with van der Waals surface area (Å²) in [5.74, 6) is 1.41. The summed E-state index contributed by atoms with van der Waals surface area (Å²) in [6, 6.07) is 7.48. The Balaban J connectivity index is 1.80. The number of nitrogens with one attached hydrogen (secondary N) is 1. The molecule has 4 atom stereocenters. The maximum absolute atomic E-state index is 9.94. The molecule has 0 amide bonds. The number of rotatable bonds is 8. The zero-order valence-corrected chi connectivity index (χ0v) is 15.4. The van der Waals surface area contributed by atoms with Crippen molar-refractivity contribution in [2.24, 2.45) is 5.92 Å². The highest BCUT2D eigenvalue weighted by Crippen LogP contribution is 2.24. The van der Waals surface area contributed by atoms with E-state index < -0.39 is 24.4 Å². The van der Waals surface area contributed by atoms with Crippen LogP contribution in [0.3, 0.4) is 0 Å². The molecular formula is C18H27NO5S. The molecule has 0 aliphatic carbocycles. The largest absolute Gasteiger partial charge is 0.494 e. The Kier molecular flexibility index (Phi) is 7.58. The van der Waals surface area contributed by atoms with Gasteiger partial charge in [0.05, 0.1) is 24.3 Å². The summed E-state index contributed by atoms with van der Waals surface area (Å²) < 4.78 is 11.1. The van der Waals surface area contributed by atoms with Crippen molar-refractivity contribution >= 4 is 22.9 Å². The standard InChI is InChI=1S/C18H27NO5S/c1-11(2)7-8-23-13-5-3-12(4-6-13)19-16(25)9-14-17(21)18(22)15(10-20)24-14/h3-6,11,14-15,17-18,20-22H,7-10H2,1-2H3,(H,19,25). The van der Waals surface area contributed by atoms with Gasteiger partial charge in [-0.3, -0.25) is 0 Å². The number of benzene rings is 1. The summed E-state index contributed by atoms with van der Waals surface area (Å²) in [7, 11) is 0. The predicted molar refractivity (Wildman–Crippen MR) is 100.0 cm³/mol. The van der Waals surface area contributed by atoms with Crippen molar-refractivity contribution in [2.75, 3.05) is 18.5 Å². The van der Waals surface area contributed by atoms with Crippen LogP contribution in [0, 0.1) is 5.92 Å². The second-order valence-electron chi connectivity index (χ2n) is 6.68. The lowest BCUT2D eigenvalue weighted by Gasteiger charge is -2.16. The summed E-state index contributed by atoms with van der Waals surface area (Å²) in [6.45, 7) is 4.66. The van der Waals surface area contributed by atoms with Gasteiger partial charge in [0, 0.05) is 12.1 Å². The minimum Gasteiger partial charge on any atom is -0.494 e. The number of hydrogen-bond acceptors (Lipinski definition) is 6. The Hall–Kier alpha value is -1.25. The average Bonchev–Trinajstić information content (AvgIpc) is 2.84. The highest BCUT2D eigenvalue weighted by Gasteiger charge is 2.42. The monoisotopic (exact) mass is 369 g/mol. The van der Waals surface area contributed by atoms with Crippen molar-refractivity contribution in [3.63, 3.8) is 0 Å². The summed E-state index contributed by atoms with van der Waals surface area (Å²) in [4.78, 5) is 0.489. The van der Waals surface area contributed by atoms with Crippen molar-refractivity contribution in [3.05, 3.63) is 24.3 Å². The number of hydrogen-bond donors (Lipinski definition) is 4. The van der Waals surface area contributed by atoms with E-state index in [2.05, 4.69) is 19.2 Å². The van der Waals surface area contributed by atoms with Crippen LogP contribution < -0.4 is 10.1 Å². The van der Waals surface area contributed by atoms with Gasteiger partial charge in [-0.15, -0.1) is 0 Å². The Morgan fingerprint density at radius 2 is 1.84 bits per heavy atom. The number of aliphatic hydroxyl groups is 3. The van der Waals surface area contributed by atoms with Gasteiger partial charge in [0.25, 0.3) is 0 Å². The highest BCUT2D eigenvalue weighted by atomic mass is 32.1. The van der Waals surface area contributed by atoms with Crippen LogP contribution in [0.25, 0.3) is 0 Å². The van der Waals surface area contributed by atoms with Crippen LogP contribution >= 0.6 is 12.2 Å². The molecule has 1 saturated heterocycles. The van der Waals surface area contributed by atoms with Gasteiger partial charge in [0.2, 0.25) is 0 Å². The van der Waals surface area contributed by atoms with E-state index in [4.69, 9.17) is 26.8 Å². The number of anilines is 1. The molecule has 1 aromatic rings. The van der Waals surface area contributed by atoms with E-state index in [1.165, 1.54) is 0 Å². The van der Waals surface area contributed by atoms with Crippen molar-refractivity contribution < 1.29 is 24.8 Å². The summed E-state index contributed by atoms with van der Waals surface area (Å²) in [6.07, 6.45) is -2.30. The van der Waals surface area contributed by atoms with Crippen LogP contribution in [0.5, 0.6) is 5.75 Å². The number of aliphatic hydroxyl groups excluding tert-OH is 3. The smallest absolute Gasteiger partial charge is 0.119 e. The lowest BCUT2D eigenvalue weighted by atomic mass is 10.1. The molecule has 140 valence electrons. The van der Waals surface area contributed by atoms with Gasteiger partial charge in [-0.05, 0) is 36.6 Å². The fourth-order valence-corrected chi connectivity index (χ4v) is 2.87. The van der Waals surface area contributed by atoms with Crippen LogP contribution in [0.1, 0.15) is 26.7 Å². The number of ether oxygens (including phenoxy) is 2. The van der Waals surface area contributed by atoms with Gasteiger partial charge in [0.1, 0.15) is 24.1 Å². The third-order valence-corrected chi connectivity index (χ3v) is 4.40. The predicted octanol–water partition coefficient (Wildman–Crippen LogP) is 1.72. The summed E-state index contributed by atoms with van der Waals surface area (Å²) >= 11 is 5.29. The van der Waals surface area contributed by atoms with Gasteiger partial charge < -0.3 is 30.1 Å². The van der Waals surface area contributed by atoms with Crippen LogP contribution in [0.2, 0.25) is 0 Å². The Bertz CT molecular complexity index is 551. The van der Waals surface area contributed by atoms with Crippen LogP contribution in [-0.2, 0) is 4.74 Å². The lowest BCUT2D eigenvalue weighted by molar-refractivity contribution is -0.0197. The Morgan fingerprint density at radius 3 is 2.40 bits per heavy atom. The topological polar surface area (TPSA) is 91.2 Å². The molecule has 1 heterocycles. The number of thiocarbonyl (C=S) groups is 1. The highest BCUT2D eigenvalue weighted by molar-refractivity contribution is 7.80. The Labute approximate surface area is 153 Å². The molecule has 1 aliphatic heterocycles. The fraction of sp³-hybridized carbons (Fsp3) is 0.611. The molecule has 25 heavy (non-hydrogen) atoms. The molecule has 2 rings (SSSR count). The normalized spacial score (nSPS) is 26.0. The lowest BCUT2D eigenvalue weighted by Crippen LogP contribution is -2.34. The molecule has 0 aromatic heterocycles. The molecule has 6 nitrogen and oxygen atoms in total. The molecule has 0 radical (unpaired) electrons. The van der Waals surface area contributed by atoms with Crippen molar-refractivity contribution in [3.8, 4) is 5.75 Å². The minimum absolute atomic E-state index is 0.261. The zero-order valence-electron chi connectivity index (χ0n) is 14.6. The van der Waals surface area contributed by atoms with Gasteiger partial charge in [-0.2, -0.15) is 0 Å². The maximum atomic E-state index is 9.94. The molecule has 7 heteroatoms. The van der Waals surface area contributed by atoms with Crippen LogP contribution in [0.4, 0.5) is 5.69 Å². The molecule has 4 N–H and O–H groups in total. The van der Waals surface area contributed by atoms with Crippen molar-refractivity contribution in [1.82, 2.24) is 0 Å². The molecule has 1 fully saturated rings. The van der Waals surface area contributed by atoms with E-state index in [-0.39, 0.29) is 13.0 Å². The van der Waals surface area contributed by atoms with Gasteiger partial charge >= 0.3 is 0 Å². The van der Waals surface area contributed by atoms with E-state index in [1.807, 2.05) is 24.3 Å². The second-order valence-corrected chi connectivity index (χ2v) is 7.18. The molecule has 4 unspecified atom stereocenters. The molecule has 0 spiro atoms. The first-order valence-corrected chi connectivity index (χ1v) is 8.96. The maximum Gasteiger partial charge on any atom is 0.119 e. The molecule has 0 saturated carbocycles. The third kappa shape index (κ3) is 5.90. The van der Waals surface area contributed by atoms with E-state index >= 15 is 0 Å². The summed E-state index contributed by atoms with van der Waals surface area (Å²) in [5.41, 5.74) is 0.813. The van der Waals surface area contributed by atoms with E-state index in [9.17, 15) is 10.2 Å². The quantitative estimate of drug-likeness (QED) is 0.519. The SMILES string of the molecule is CC(C)CCOc1ccc(NC(=S)CC2OC(CO)C(O)C2O)cc1. The molecular weight excluding hydrogens is 342 g/mol. The van der Waals surface area contributed by atoms with Crippen LogP contribution in [-0.4, -0.2) is 57.9 Å². The second kappa shape index (κ2) is 9.45. The minimum atomic E-state index is -1.10. The van der Waals surface area contributed by atoms with E-state index in [0.29, 0.717) is 17.5 Å². The summed E-state index contributed by atoms with van der Waals surface area (Å²) in [5, 5.41) is 31.9. The van der Waals surface area contributed by atoms with Gasteiger partial charge in [-0.1, -0.05) is 26.1 Å². The van der Waals surface area contributed by atoms with E-state index in [0.717, 1.165) is 17.9 Å². The van der Waals surface area contributed by atoms with Gasteiger partial charge in [-0.25, -0.2) is 0 Å². The average molecular weight is 369 g/mol. The first-order valence-electron chi connectivity index (χ1n) is 8.56. The Morgan fingerprint density at radius 1 is 1.20 bits per heavy atom. The molecule has 0 bridgehead atoms. The van der Waals surface area contributed by atoms with E-state index in [1.54, 1.807) is 0 Å². The van der Waals surface area contributed by atoms with Crippen molar-refractivity contribution in [1.29, 1.82) is 0 Å². The third-order valence-electron chi connectivity index (χ3n) is 4.13. The molecule has 1 aliphatic rings.